The third-order valence-electron chi connectivity index (χ3n) is 4.32. The monoisotopic (exact) mass is 408 g/mol. The average molecular weight is 408 g/mol. The van der Waals surface area contributed by atoms with E-state index in [1.54, 1.807) is 24.3 Å². The third kappa shape index (κ3) is 2.94. The van der Waals surface area contributed by atoms with Crippen LogP contribution in [0.1, 0.15) is 10.6 Å². The highest BCUT2D eigenvalue weighted by atomic mass is 32.1. The second-order valence-electron chi connectivity index (χ2n) is 6.14. The van der Waals surface area contributed by atoms with Crippen molar-refractivity contribution in [3.05, 3.63) is 77.3 Å². The first-order chi connectivity index (χ1) is 13.3. The summed E-state index contributed by atoms with van der Waals surface area (Å²) in [6, 6.07) is 8.52. The van der Waals surface area contributed by atoms with Crippen LogP contribution in [0, 0.1) is 11.6 Å². The summed E-state index contributed by atoms with van der Waals surface area (Å²) < 4.78 is 60.3. The van der Waals surface area contributed by atoms with Gasteiger partial charge in [0.25, 0.3) is 0 Å². The van der Waals surface area contributed by atoms with Gasteiger partial charge in [0, 0.05) is 11.6 Å². The molecule has 2 heterocycles. The molecule has 5 nitrogen and oxygen atoms in total. The minimum absolute atomic E-state index is 0.324. The van der Waals surface area contributed by atoms with Crippen LogP contribution in [0.15, 0.2) is 55.1 Å². The number of rotatable bonds is 5. The van der Waals surface area contributed by atoms with E-state index in [0.29, 0.717) is 27.6 Å². The maximum absolute atomic E-state index is 15.6. The van der Waals surface area contributed by atoms with Crippen molar-refractivity contribution in [1.82, 2.24) is 19.7 Å². The molecule has 4 aromatic rings. The molecule has 2 aromatic carbocycles. The Morgan fingerprint density at radius 2 is 1.89 bits per heavy atom. The Balaban J connectivity index is 1.90. The first-order valence-corrected chi connectivity index (χ1v) is 8.87. The quantitative estimate of drug-likeness (QED) is 0.510. The third-order valence-corrected chi connectivity index (χ3v) is 5.42. The second-order valence-corrected chi connectivity index (χ2v) is 7.17. The molecule has 0 unspecified atom stereocenters. The summed E-state index contributed by atoms with van der Waals surface area (Å²) in [7, 11) is 0. The molecule has 0 aliphatic rings. The van der Waals surface area contributed by atoms with Crippen molar-refractivity contribution >= 4 is 21.6 Å². The predicted molar refractivity (Wildman–Crippen MR) is 93.8 cm³/mol. The summed E-state index contributed by atoms with van der Waals surface area (Å²) in [6.07, 6.45) is 2.21. The van der Waals surface area contributed by atoms with Crippen LogP contribution >= 0.6 is 11.3 Å². The lowest BCUT2D eigenvalue weighted by atomic mass is 9.86. The number of alkyl halides is 2. The Kier molecular flexibility index (Phi) is 4.39. The number of hydrogen-bond donors (Lipinski definition) is 1. The summed E-state index contributed by atoms with van der Waals surface area (Å²) in [6.45, 7) is -0.821. The van der Waals surface area contributed by atoms with E-state index in [4.69, 9.17) is 0 Å². The van der Waals surface area contributed by atoms with Gasteiger partial charge >= 0.3 is 5.92 Å². The Labute approximate surface area is 159 Å². The second kappa shape index (κ2) is 6.64. The fourth-order valence-electron chi connectivity index (χ4n) is 2.91. The molecule has 4 rings (SSSR count). The van der Waals surface area contributed by atoms with Crippen molar-refractivity contribution in [2.24, 2.45) is 0 Å². The van der Waals surface area contributed by atoms with E-state index in [0.717, 1.165) is 29.5 Å². The fraction of sp³-hybridized carbons (Fsp3) is 0.167. The van der Waals surface area contributed by atoms with Gasteiger partial charge in [-0.3, -0.25) is 0 Å². The van der Waals surface area contributed by atoms with E-state index >= 15 is 8.78 Å². The molecule has 10 heteroatoms. The molecule has 0 aliphatic heterocycles. The number of benzene rings is 2. The van der Waals surface area contributed by atoms with Gasteiger partial charge in [0.15, 0.2) is 10.6 Å². The molecule has 0 saturated carbocycles. The summed E-state index contributed by atoms with van der Waals surface area (Å²) in [5, 5.41) is 14.1. The van der Waals surface area contributed by atoms with Crippen LogP contribution in [0.4, 0.5) is 17.6 Å². The smallest absolute Gasteiger partial charge is 0.332 e. The summed E-state index contributed by atoms with van der Waals surface area (Å²) in [5.74, 6) is -6.27. The molecule has 2 aromatic heterocycles. The molecule has 0 amide bonds. The Morgan fingerprint density at radius 1 is 1.11 bits per heavy atom. The summed E-state index contributed by atoms with van der Waals surface area (Å²) in [5.41, 5.74) is -3.54. The summed E-state index contributed by atoms with van der Waals surface area (Å²) >= 11 is 0.684. The lowest BCUT2D eigenvalue weighted by Gasteiger charge is -2.35. The zero-order chi connectivity index (χ0) is 19.9. The summed E-state index contributed by atoms with van der Waals surface area (Å²) in [4.78, 5) is 7.57. The van der Waals surface area contributed by atoms with Gasteiger partial charge in [-0.1, -0.05) is 12.1 Å². The number of thiazole rings is 1. The molecule has 0 saturated heterocycles. The maximum atomic E-state index is 15.6. The zero-order valence-electron chi connectivity index (χ0n) is 14.1. The number of fused-ring (bicyclic) bond motifs is 1. The van der Waals surface area contributed by atoms with E-state index in [-0.39, 0.29) is 0 Å². The normalized spacial score (nSPS) is 14.3. The number of aromatic nitrogens is 4. The van der Waals surface area contributed by atoms with Crippen LogP contribution in [-0.2, 0) is 18.1 Å². The molecule has 0 radical (unpaired) electrons. The number of aliphatic hydroxyl groups is 1. The topological polar surface area (TPSA) is 63.8 Å². The molecule has 144 valence electrons. The maximum Gasteiger partial charge on any atom is 0.332 e. The van der Waals surface area contributed by atoms with E-state index < -0.39 is 40.3 Å². The highest BCUT2D eigenvalue weighted by Crippen LogP contribution is 2.49. The molecular weight excluding hydrogens is 396 g/mol. The number of halogens is 4. The number of hydrogen-bond acceptors (Lipinski definition) is 5. The Morgan fingerprint density at radius 3 is 2.57 bits per heavy atom. The van der Waals surface area contributed by atoms with Gasteiger partial charge in [-0.2, -0.15) is 13.9 Å². The minimum Gasteiger partial charge on any atom is -0.377 e. The van der Waals surface area contributed by atoms with Gasteiger partial charge in [0.1, 0.15) is 24.3 Å². The first kappa shape index (κ1) is 18.5. The van der Waals surface area contributed by atoms with Crippen LogP contribution in [0.3, 0.4) is 0 Å². The van der Waals surface area contributed by atoms with E-state index in [1.165, 1.54) is 0 Å². The van der Waals surface area contributed by atoms with Crippen molar-refractivity contribution in [2.45, 2.75) is 18.1 Å². The van der Waals surface area contributed by atoms with Crippen molar-refractivity contribution < 1.29 is 22.7 Å². The SMILES string of the molecule is O[C@](Cn1cncn1)(c1ccc(F)cc1F)C(F)(F)c1nc2ccccc2s1. The van der Waals surface area contributed by atoms with Crippen LogP contribution in [-0.4, -0.2) is 24.9 Å². The molecule has 0 spiro atoms. The molecule has 0 fully saturated rings. The first-order valence-electron chi connectivity index (χ1n) is 8.05. The average Bonchev–Trinajstić information content (AvgIpc) is 3.30. The lowest BCUT2D eigenvalue weighted by molar-refractivity contribution is -0.205. The van der Waals surface area contributed by atoms with Crippen molar-refractivity contribution in [3.63, 3.8) is 0 Å². The predicted octanol–water partition coefficient (Wildman–Crippen LogP) is 3.85. The van der Waals surface area contributed by atoms with Gasteiger partial charge in [-0.25, -0.2) is 23.4 Å². The zero-order valence-corrected chi connectivity index (χ0v) is 14.9. The van der Waals surface area contributed by atoms with Crippen molar-refractivity contribution in [3.8, 4) is 0 Å². The van der Waals surface area contributed by atoms with E-state index in [1.807, 2.05) is 0 Å². The van der Waals surface area contributed by atoms with Crippen LogP contribution in [0.5, 0.6) is 0 Å². The molecule has 1 atom stereocenters. The Bertz CT molecular complexity index is 1100. The van der Waals surface area contributed by atoms with Gasteiger partial charge < -0.3 is 5.11 Å². The standard InChI is InChI=1S/C18H12F4N4OS/c19-11-5-6-12(13(20)7-11)17(27,8-26-10-23-9-24-26)18(21,22)16-25-14-3-1-2-4-15(14)28-16/h1-7,9-10,27H,8H2/t17-/m1/s1. The van der Waals surface area contributed by atoms with Gasteiger partial charge in [0.05, 0.1) is 16.8 Å². The molecule has 1 N–H and O–H groups in total. The van der Waals surface area contributed by atoms with Crippen LogP contribution in [0.25, 0.3) is 10.2 Å². The van der Waals surface area contributed by atoms with Gasteiger partial charge in [-0.05, 0) is 24.3 Å². The van der Waals surface area contributed by atoms with Gasteiger partial charge in [0.2, 0.25) is 0 Å². The minimum atomic E-state index is -4.01. The molecular formula is C18H12F4N4OS. The molecule has 0 aliphatic carbocycles. The van der Waals surface area contributed by atoms with Crippen molar-refractivity contribution in [2.75, 3.05) is 0 Å². The highest BCUT2D eigenvalue weighted by Gasteiger charge is 2.58. The highest BCUT2D eigenvalue weighted by molar-refractivity contribution is 7.18. The van der Waals surface area contributed by atoms with Crippen LogP contribution < -0.4 is 0 Å². The Hall–Kier alpha value is -2.85. The van der Waals surface area contributed by atoms with E-state index in [2.05, 4.69) is 15.1 Å². The van der Waals surface area contributed by atoms with Gasteiger partial charge in [-0.15, -0.1) is 11.3 Å². The lowest BCUT2D eigenvalue weighted by Crippen LogP contribution is -2.47. The molecule has 0 bridgehead atoms. The fourth-order valence-corrected chi connectivity index (χ4v) is 3.92. The van der Waals surface area contributed by atoms with Crippen LogP contribution in [0.2, 0.25) is 0 Å². The largest absolute Gasteiger partial charge is 0.377 e. The van der Waals surface area contributed by atoms with E-state index in [9.17, 15) is 13.9 Å². The molecule has 28 heavy (non-hydrogen) atoms. The number of nitrogens with zero attached hydrogens (tertiary/aromatic N) is 4. The van der Waals surface area contributed by atoms with Crippen molar-refractivity contribution in [1.29, 1.82) is 0 Å². The number of para-hydroxylation sites is 1.